The van der Waals surface area contributed by atoms with Gasteiger partial charge in [0.15, 0.2) is 0 Å². The van der Waals surface area contributed by atoms with Crippen molar-refractivity contribution >= 4 is 29.1 Å². The molecule has 1 fully saturated rings. The van der Waals surface area contributed by atoms with Crippen LogP contribution in [0.25, 0.3) is 16.8 Å². The number of nitrogens with two attached hydrogens (primary N) is 2. The summed E-state index contributed by atoms with van der Waals surface area (Å²) in [7, 11) is 0. The fourth-order valence-corrected chi connectivity index (χ4v) is 3.47. The maximum absolute atomic E-state index is 7.40. The van der Waals surface area contributed by atoms with Crippen LogP contribution in [0, 0.1) is 5.41 Å². The Morgan fingerprint density at radius 3 is 2.59 bits per heavy atom. The number of hydrogen-bond donors (Lipinski definition) is 4. The number of ether oxygens (including phenoxy) is 2. The van der Waals surface area contributed by atoms with Gasteiger partial charge in [0.05, 0.1) is 24.6 Å². The minimum Gasteiger partial charge on any atom is -0.488 e. The molecule has 4 rings (SSSR count). The lowest BCUT2D eigenvalue weighted by atomic mass is 10.1. The van der Waals surface area contributed by atoms with E-state index >= 15 is 0 Å². The van der Waals surface area contributed by atoms with Gasteiger partial charge >= 0.3 is 0 Å². The first-order valence-corrected chi connectivity index (χ1v) is 10.4. The Bertz CT molecular complexity index is 1110. The third kappa shape index (κ3) is 5.04. The standard InChI is InChI=1S/C24H26N6O2/c25-14-18(15-26)16-1-4-19(5-2-16)29-24-28-10-7-22(30-24)17-3-6-23(21(27)13-17)32-20-8-11-31-12-9-20/h1-7,10,13-15,20,25H,8-9,11-12,26-27H2,(H,28,29,30). The number of anilines is 3. The molecule has 2 aromatic carbocycles. The smallest absolute Gasteiger partial charge is 0.227 e. The summed E-state index contributed by atoms with van der Waals surface area (Å²) in [6.07, 6.45) is 6.21. The zero-order valence-electron chi connectivity index (χ0n) is 17.6. The molecule has 2 heterocycles. The van der Waals surface area contributed by atoms with Gasteiger partial charge in [0, 0.05) is 48.3 Å². The van der Waals surface area contributed by atoms with Gasteiger partial charge in [0.25, 0.3) is 0 Å². The first-order valence-electron chi connectivity index (χ1n) is 10.4. The van der Waals surface area contributed by atoms with Crippen molar-refractivity contribution in [3.63, 3.8) is 0 Å². The minimum atomic E-state index is 0.133. The highest BCUT2D eigenvalue weighted by atomic mass is 16.5. The molecule has 1 aromatic heterocycles. The molecule has 8 nitrogen and oxygen atoms in total. The molecule has 3 aromatic rings. The number of allylic oxidation sites excluding steroid dienone is 1. The van der Waals surface area contributed by atoms with Gasteiger partial charge in [-0.25, -0.2) is 9.97 Å². The van der Waals surface area contributed by atoms with Crippen LogP contribution in [0.3, 0.4) is 0 Å². The predicted molar refractivity (Wildman–Crippen MR) is 127 cm³/mol. The van der Waals surface area contributed by atoms with Gasteiger partial charge in [-0.05, 0) is 42.0 Å². The van der Waals surface area contributed by atoms with Crippen LogP contribution >= 0.6 is 0 Å². The van der Waals surface area contributed by atoms with Crippen LogP contribution in [-0.2, 0) is 4.74 Å². The van der Waals surface area contributed by atoms with E-state index in [2.05, 4.69) is 15.3 Å². The van der Waals surface area contributed by atoms with Gasteiger partial charge in [-0.15, -0.1) is 0 Å². The Kier molecular flexibility index (Phi) is 6.62. The lowest BCUT2D eigenvalue weighted by molar-refractivity contribution is 0.0259. The Morgan fingerprint density at radius 1 is 1.12 bits per heavy atom. The lowest BCUT2D eigenvalue weighted by Gasteiger charge is -2.24. The zero-order chi connectivity index (χ0) is 22.3. The van der Waals surface area contributed by atoms with Gasteiger partial charge in [-0.1, -0.05) is 12.1 Å². The van der Waals surface area contributed by atoms with E-state index in [-0.39, 0.29) is 6.10 Å². The average molecular weight is 431 g/mol. The van der Waals surface area contributed by atoms with Crippen molar-refractivity contribution in [1.29, 1.82) is 5.41 Å². The number of hydrogen-bond acceptors (Lipinski definition) is 8. The Hall–Kier alpha value is -3.91. The van der Waals surface area contributed by atoms with Gasteiger partial charge < -0.3 is 31.7 Å². The quantitative estimate of drug-likeness (QED) is 0.329. The molecule has 164 valence electrons. The fraction of sp³-hybridized carbons (Fsp3) is 0.208. The van der Waals surface area contributed by atoms with Crippen molar-refractivity contribution in [3.8, 4) is 17.0 Å². The normalized spacial score (nSPS) is 14.7. The molecule has 32 heavy (non-hydrogen) atoms. The summed E-state index contributed by atoms with van der Waals surface area (Å²) in [6, 6.07) is 15.1. The zero-order valence-corrected chi connectivity index (χ0v) is 17.6. The first kappa shape index (κ1) is 21.3. The number of nitrogen functional groups attached to an aromatic ring is 1. The highest BCUT2D eigenvalue weighted by Crippen LogP contribution is 2.30. The van der Waals surface area contributed by atoms with Crippen LogP contribution in [0.1, 0.15) is 18.4 Å². The summed E-state index contributed by atoms with van der Waals surface area (Å²) in [4.78, 5) is 8.92. The number of nitrogens with one attached hydrogen (secondary N) is 2. The van der Waals surface area contributed by atoms with Crippen LogP contribution in [-0.4, -0.2) is 35.5 Å². The molecular weight excluding hydrogens is 404 g/mol. The Balaban J connectivity index is 1.48. The topological polar surface area (TPSA) is 132 Å². The average Bonchev–Trinajstić information content (AvgIpc) is 2.83. The van der Waals surface area contributed by atoms with Crippen LogP contribution < -0.4 is 21.5 Å². The van der Waals surface area contributed by atoms with Gasteiger partial charge in [0.1, 0.15) is 11.9 Å². The Labute approximate surface area is 186 Å². The molecule has 0 amide bonds. The van der Waals surface area contributed by atoms with Crippen molar-refractivity contribution in [1.82, 2.24) is 9.97 Å². The van der Waals surface area contributed by atoms with Crippen molar-refractivity contribution in [3.05, 3.63) is 66.5 Å². The molecule has 0 atom stereocenters. The van der Waals surface area contributed by atoms with E-state index in [1.165, 1.54) is 12.4 Å². The van der Waals surface area contributed by atoms with Crippen molar-refractivity contribution < 1.29 is 9.47 Å². The maximum atomic E-state index is 7.40. The van der Waals surface area contributed by atoms with E-state index in [1.807, 2.05) is 48.5 Å². The molecule has 0 unspecified atom stereocenters. The second-order valence-electron chi connectivity index (χ2n) is 7.42. The second-order valence-corrected chi connectivity index (χ2v) is 7.42. The molecule has 0 bridgehead atoms. The van der Waals surface area contributed by atoms with E-state index in [1.54, 1.807) is 6.20 Å². The van der Waals surface area contributed by atoms with E-state index < -0.39 is 0 Å². The lowest BCUT2D eigenvalue weighted by Crippen LogP contribution is -2.26. The first-order chi connectivity index (χ1) is 15.7. The number of benzene rings is 2. The predicted octanol–water partition coefficient (Wildman–Crippen LogP) is 3.98. The summed E-state index contributed by atoms with van der Waals surface area (Å²) in [6.45, 7) is 1.44. The third-order valence-electron chi connectivity index (χ3n) is 5.23. The molecule has 0 saturated carbocycles. The molecular formula is C24H26N6O2. The SMILES string of the molecule is N=CC(=CN)c1ccc(Nc2nccc(-c3ccc(OC4CCOCC4)c(N)c3)n2)cc1. The van der Waals surface area contributed by atoms with E-state index in [0.29, 0.717) is 23.0 Å². The summed E-state index contributed by atoms with van der Waals surface area (Å²) < 4.78 is 11.4. The van der Waals surface area contributed by atoms with E-state index in [0.717, 1.165) is 48.6 Å². The van der Waals surface area contributed by atoms with Crippen molar-refractivity contribution in [2.45, 2.75) is 18.9 Å². The summed E-state index contributed by atoms with van der Waals surface area (Å²) in [5, 5.41) is 10.6. The highest BCUT2D eigenvalue weighted by molar-refractivity contribution is 6.08. The number of rotatable bonds is 7. The molecule has 6 N–H and O–H groups in total. The largest absolute Gasteiger partial charge is 0.488 e. The second kappa shape index (κ2) is 9.93. The highest BCUT2D eigenvalue weighted by Gasteiger charge is 2.17. The van der Waals surface area contributed by atoms with E-state index in [9.17, 15) is 0 Å². The summed E-state index contributed by atoms with van der Waals surface area (Å²) in [5.74, 6) is 1.15. The van der Waals surface area contributed by atoms with Crippen molar-refractivity contribution in [2.75, 3.05) is 24.3 Å². The molecule has 1 aliphatic heterocycles. The molecule has 1 aliphatic rings. The molecule has 8 heteroatoms. The van der Waals surface area contributed by atoms with Crippen LogP contribution in [0.5, 0.6) is 5.75 Å². The number of aromatic nitrogens is 2. The Morgan fingerprint density at radius 2 is 1.91 bits per heavy atom. The molecule has 1 saturated heterocycles. The van der Waals surface area contributed by atoms with Crippen LogP contribution in [0.2, 0.25) is 0 Å². The molecule has 0 spiro atoms. The van der Waals surface area contributed by atoms with Crippen LogP contribution in [0.4, 0.5) is 17.3 Å². The van der Waals surface area contributed by atoms with Gasteiger partial charge in [-0.2, -0.15) is 0 Å². The van der Waals surface area contributed by atoms with Crippen molar-refractivity contribution in [2.24, 2.45) is 5.73 Å². The maximum Gasteiger partial charge on any atom is 0.227 e. The van der Waals surface area contributed by atoms with Crippen LogP contribution in [0.15, 0.2) is 60.9 Å². The third-order valence-corrected chi connectivity index (χ3v) is 5.23. The van der Waals surface area contributed by atoms with Gasteiger partial charge in [0.2, 0.25) is 5.95 Å². The van der Waals surface area contributed by atoms with E-state index in [4.69, 9.17) is 26.4 Å². The number of nitrogens with zero attached hydrogens (tertiary/aromatic N) is 2. The summed E-state index contributed by atoms with van der Waals surface area (Å²) in [5.41, 5.74) is 16.3. The fourth-order valence-electron chi connectivity index (χ4n) is 3.47. The monoisotopic (exact) mass is 430 g/mol. The van der Waals surface area contributed by atoms with Gasteiger partial charge in [-0.3, -0.25) is 0 Å². The molecule has 0 aliphatic carbocycles. The molecule has 0 radical (unpaired) electrons. The minimum absolute atomic E-state index is 0.133. The summed E-state index contributed by atoms with van der Waals surface area (Å²) >= 11 is 0.